The maximum Gasteiger partial charge on any atom is 0.338 e. The van der Waals surface area contributed by atoms with Gasteiger partial charge >= 0.3 is 5.69 Å². The molecule has 2 fully saturated rings. The van der Waals surface area contributed by atoms with Crippen LogP contribution in [0.5, 0.6) is 0 Å². The summed E-state index contributed by atoms with van der Waals surface area (Å²) in [6.45, 7) is 1.94. The molecule has 2 aromatic carbocycles. The van der Waals surface area contributed by atoms with Gasteiger partial charge < -0.3 is 14.6 Å². The molecule has 0 unspecified atom stereocenters. The first-order valence-corrected chi connectivity index (χ1v) is 19.0. The van der Waals surface area contributed by atoms with Crippen molar-refractivity contribution in [3.63, 3.8) is 0 Å². The van der Waals surface area contributed by atoms with Gasteiger partial charge in [-0.05, 0) is 86.4 Å². The maximum absolute atomic E-state index is 16.1. The summed E-state index contributed by atoms with van der Waals surface area (Å²) in [7, 11) is 0. The number of carbonyl (C=O) groups is 1. The average Bonchev–Trinajstić information content (AvgIpc) is 3.66. The molecular weight excluding hydrogens is 707 g/mol. The van der Waals surface area contributed by atoms with E-state index in [1.54, 1.807) is 52.4 Å². The van der Waals surface area contributed by atoms with E-state index in [0.29, 0.717) is 89.4 Å². The number of halogens is 2. The van der Waals surface area contributed by atoms with Crippen molar-refractivity contribution in [3.05, 3.63) is 111 Å². The number of H-pyrrole nitrogens is 1. The van der Waals surface area contributed by atoms with Crippen LogP contribution in [0.4, 0.5) is 8.78 Å². The highest BCUT2D eigenvalue weighted by Gasteiger charge is 2.33. The van der Waals surface area contributed by atoms with E-state index < -0.39 is 11.5 Å². The summed E-state index contributed by atoms with van der Waals surface area (Å²) in [4.78, 5) is 42.9. The van der Waals surface area contributed by atoms with Crippen LogP contribution in [0, 0.1) is 11.6 Å². The summed E-state index contributed by atoms with van der Waals surface area (Å²) in [5.41, 5.74) is 6.32. The number of fused-ring (bicyclic) bond motifs is 4. The number of nitrogens with one attached hydrogen (secondary N) is 1. The summed E-state index contributed by atoms with van der Waals surface area (Å²) in [5.74, 6) is -0.322. The first kappa shape index (κ1) is 32.5. The normalized spacial score (nSPS) is 17.4. The molecule has 1 N–H and O–H groups in total. The fraction of sp³-hybridized carbons (Fsp3) is 0.350. The number of hydrogen-bond donors (Lipinski definition) is 1. The van der Waals surface area contributed by atoms with Crippen LogP contribution in [0.3, 0.4) is 0 Å². The van der Waals surface area contributed by atoms with Crippen LogP contribution in [-0.4, -0.2) is 74.2 Å². The van der Waals surface area contributed by atoms with Gasteiger partial charge in [-0.2, -0.15) is 10.2 Å². The van der Waals surface area contributed by atoms with Crippen molar-refractivity contribution in [2.24, 2.45) is 0 Å². The minimum Gasteiger partial charge on any atom is -0.381 e. The Morgan fingerprint density at radius 2 is 1.73 bits per heavy atom. The number of nitrogens with zero attached hydrogens (tertiary/aromatic N) is 9. The van der Waals surface area contributed by atoms with Crippen molar-refractivity contribution in [1.82, 2.24) is 48.5 Å². The van der Waals surface area contributed by atoms with Crippen molar-refractivity contribution in [2.45, 2.75) is 69.9 Å². The number of amides is 1. The van der Waals surface area contributed by atoms with E-state index in [9.17, 15) is 14.0 Å². The molecule has 15 heteroatoms. The highest BCUT2D eigenvalue weighted by atomic mass is 19.1. The predicted octanol–water partition coefficient (Wildman–Crippen LogP) is 5.63. The van der Waals surface area contributed by atoms with E-state index >= 15 is 4.39 Å². The van der Waals surface area contributed by atoms with Gasteiger partial charge in [0.1, 0.15) is 22.8 Å². The lowest BCUT2D eigenvalue weighted by molar-refractivity contribution is 0.0729. The molecule has 13 nitrogen and oxygen atoms in total. The average molecular weight is 743 g/mol. The number of carbonyl (C=O) groups excluding carboxylic acids is 1. The molecule has 278 valence electrons. The molecule has 0 radical (unpaired) electrons. The molecule has 55 heavy (non-hydrogen) atoms. The van der Waals surface area contributed by atoms with Crippen LogP contribution >= 0.6 is 0 Å². The van der Waals surface area contributed by atoms with Crippen molar-refractivity contribution in [1.29, 1.82) is 0 Å². The SMILES string of the molecule is O=C(c1cc2nc(C3CCOCC3)cnc2[nH]1)N1CCc2nn(-c3ccc(F)c4c3CCC4)c(-n3ccn(-c4ccc5c(cnn5C5CC5)c4F)c3=O)c2C1. The second-order valence-electron chi connectivity index (χ2n) is 15.1. The third-order valence-electron chi connectivity index (χ3n) is 11.8. The molecular formula is C40H36F2N10O3. The Morgan fingerprint density at radius 1 is 0.909 bits per heavy atom. The Hall–Kier alpha value is -5.96. The molecule has 1 saturated carbocycles. The summed E-state index contributed by atoms with van der Waals surface area (Å²) in [5, 5.41) is 9.81. The van der Waals surface area contributed by atoms with E-state index in [4.69, 9.17) is 14.8 Å². The zero-order valence-electron chi connectivity index (χ0n) is 29.8. The molecule has 0 atom stereocenters. The van der Waals surface area contributed by atoms with E-state index in [2.05, 4.69) is 15.1 Å². The molecule has 2 aliphatic carbocycles. The van der Waals surface area contributed by atoms with E-state index in [0.717, 1.165) is 49.1 Å². The van der Waals surface area contributed by atoms with Gasteiger partial charge in [0.05, 0.1) is 58.6 Å². The minimum absolute atomic E-state index is 0.104. The van der Waals surface area contributed by atoms with Gasteiger partial charge in [0, 0.05) is 50.1 Å². The minimum atomic E-state index is -0.532. The summed E-state index contributed by atoms with van der Waals surface area (Å²) in [6, 6.07) is 8.60. The van der Waals surface area contributed by atoms with Crippen LogP contribution < -0.4 is 5.69 Å². The number of rotatable bonds is 6. The van der Waals surface area contributed by atoms with Gasteiger partial charge in [0.2, 0.25) is 0 Å². The Labute approximate surface area is 312 Å². The van der Waals surface area contributed by atoms with Crippen LogP contribution in [-0.2, 0) is 30.5 Å². The van der Waals surface area contributed by atoms with Gasteiger partial charge in [-0.3, -0.25) is 18.6 Å². The number of aromatic nitrogens is 9. The molecule has 11 rings (SSSR count). The molecule has 7 aromatic rings. The predicted molar refractivity (Wildman–Crippen MR) is 197 cm³/mol. The van der Waals surface area contributed by atoms with E-state index in [1.165, 1.54) is 21.4 Å². The zero-order chi connectivity index (χ0) is 36.9. The monoisotopic (exact) mass is 742 g/mol. The fourth-order valence-electron chi connectivity index (χ4n) is 8.77. The largest absolute Gasteiger partial charge is 0.381 e. The Bertz CT molecular complexity index is 2760. The van der Waals surface area contributed by atoms with Gasteiger partial charge in [-0.15, -0.1) is 0 Å². The molecule has 2 aliphatic heterocycles. The third-order valence-corrected chi connectivity index (χ3v) is 11.8. The van der Waals surface area contributed by atoms with Crippen LogP contribution in [0.15, 0.2) is 59.9 Å². The number of aromatic amines is 1. The summed E-state index contributed by atoms with van der Waals surface area (Å²) >= 11 is 0. The molecule has 7 heterocycles. The van der Waals surface area contributed by atoms with Crippen molar-refractivity contribution >= 4 is 28.0 Å². The lowest BCUT2D eigenvalue weighted by Crippen LogP contribution is -2.36. The molecule has 0 spiro atoms. The van der Waals surface area contributed by atoms with Gasteiger partial charge in [0.25, 0.3) is 5.91 Å². The molecule has 0 bridgehead atoms. The van der Waals surface area contributed by atoms with Crippen molar-refractivity contribution in [3.8, 4) is 17.2 Å². The molecule has 5 aromatic heterocycles. The van der Waals surface area contributed by atoms with E-state index in [-0.39, 0.29) is 35.9 Å². The maximum atomic E-state index is 16.1. The third kappa shape index (κ3) is 5.12. The number of benzene rings is 2. The highest BCUT2D eigenvalue weighted by molar-refractivity contribution is 5.96. The molecule has 1 amide bonds. The molecule has 1 saturated heterocycles. The zero-order valence-corrected chi connectivity index (χ0v) is 29.8. The Balaban J connectivity index is 0.993. The lowest BCUT2D eigenvalue weighted by atomic mass is 9.97. The van der Waals surface area contributed by atoms with Crippen LogP contribution in [0.25, 0.3) is 39.3 Å². The Kier molecular flexibility index (Phi) is 7.25. The number of imidazole rings is 1. The van der Waals surface area contributed by atoms with Crippen molar-refractivity contribution < 1.29 is 18.3 Å². The van der Waals surface area contributed by atoms with Crippen LogP contribution in [0.1, 0.15) is 82.6 Å². The smallest absolute Gasteiger partial charge is 0.338 e. The first-order valence-electron chi connectivity index (χ1n) is 19.0. The van der Waals surface area contributed by atoms with Gasteiger partial charge in [-0.1, -0.05) is 0 Å². The fourth-order valence-corrected chi connectivity index (χ4v) is 8.77. The van der Waals surface area contributed by atoms with Gasteiger partial charge in [0.15, 0.2) is 11.5 Å². The topological polar surface area (TPSA) is 134 Å². The highest BCUT2D eigenvalue weighted by Crippen LogP contribution is 2.38. The molecule has 4 aliphatic rings. The van der Waals surface area contributed by atoms with E-state index in [1.807, 2.05) is 4.68 Å². The first-order chi connectivity index (χ1) is 26.9. The Morgan fingerprint density at radius 3 is 2.58 bits per heavy atom. The second-order valence-corrected chi connectivity index (χ2v) is 15.1. The van der Waals surface area contributed by atoms with Crippen molar-refractivity contribution in [2.75, 3.05) is 19.8 Å². The number of hydrogen-bond acceptors (Lipinski definition) is 7. The van der Waals surface area contributed by atoms with Gasteiger partial charge in [-0.25, -0.2) is 28.2 Å². The summed E-state index contributed by atoms with van der Waals surface area (Å²) < 4.78 is 43.0. The summed E-state index contributed by atoms with van der Waals surface area (Å²) in [6.07, 6.45) is 12.7. The number of ether oxygens (including phenoxy) is 1. The second kappa shape index (κ2) is 12.3. The lowest BCUT2D eigenvalue weighted by Gasteiger charge is -2.26. The van der Waals surface area contributed by atoms with Crippen LogP contribution in [0.2, 0.25) is 0 Å². The quantitative estimate of drug-likeness (QED) is 0.234. The standard InChI is InChI=1S/C40H36F2N10O3/c41-28-6-7-33(25-3-1-2-24(25)28)52-38(50-15-14-49(40(50)54)35-9-8-34-26(36(35)42)19-44-51(34)23-4-5-23)27-21-48(13-10-29(27)47-52)39(53)31-18-30-37(46-31)43-20-32(45-30)22-11-16-55-17-12-22/h6-9,14-15,18-20,22-23H,1-5,10-13,16-17,21H2,(H,43,46).